The van der Waals surface area contributed by atoms with Gasteiger partial charge in [-0.25, -0.2) is 4.79 Å². The first-order valence-corrected chi connectivity index (χ1v) is 6.84. The summed E-state index contributed by atoms with van der Waals surface area (Å²) in [5, 5.41) is 0. The molecule has 5 heteroatoms. The molecular formula is C16H19NO4. The third-order valence-electron chi connectivity index (χ3n) is 2.95. The summed E-state index contributed by atoms with van der Waals surface area (Å²) in [5.74, 6) is 1.40. The van der Waals surface area contributed by atoms with E-state index in [4.69, 9.17) is 13.6 Å². The summed E-state index contributed by atoms with van der Waals surface area (Å²) in [4.78, 5) is 13.2. The Balaban J connectivity index is 1.82. The normalized spacial score (nSPS) is 10.7. The van der Waals surface area contributed by atoms with Crippen LogP contribution >= 0.6 is 0 Å². The summed E-state index contributed by atoms with van der Waals surface area (Å²) in [5.41, 5.74) is 0. The summed E-state index contributed by atoms with van der Waals surface area (Å²) in [6.45, 7) is 5.87. The zero-order valence-corrected chi connectivity index (χ0v) is 11.9. The van der Waals surface area contributed by atoms with E-state index in [1.165, 1.54) is 6.08 Å². The molecule has 2 aromatic rings. The van der Waals surface area contributed by atoms with Crippen molar-refractivity contribution in [2.45, 2.75) is 19.5 Å². The molecule has 0 unspecified atom stereocenters. The lowest BCUT2D eigenvalue weighted by molar-refractivity contribution is -0.137. The smallest absolute Gasteiger partial charge is 0.330 e. The molecule has 0 atom stereocenters. The molecule has 0 bridgehead atoms. The minimum atomic E-state index is -0.390. The van der Waals surface area contributed by atoms with E-state index in [1.807, 2.05) is 24.3 Å². The van der Waals surface area contributed by atoms with Gasteiger partial charge >= 0.3 is 5.97 Å². The SMILES string of the molecule is C=CC(=O)OCCCN(Cc1ccco1)Cc1ccco1. The average Bonchev–Trinajstić information content (AvgIpc) is 3.16. The lowest BCUT2D eigenvalue weighted by Gasteiger charge is -2.19. The van der Waals surface area contributed by atoms with E-state index in [1.54, 1.807) is 12.5 Å². The Labute approximate surface area is 123 Å². The third-order valence-corrected chi connectivity index (χ3v) is 2.95. The predicted octanol–water partition coefficient (Wildman–Crippen LogP) is 2.99. The van der Waals surface area contributed by atoms with Gasteiger partial charge in [0, 0.05) is 12.6 Å². The molecular weight excluding hydrogens is 270 g/mol. The molecule has 0 saturated carbocycles. The second-order valence-corrected chi connectivity index (χ2v) is 4.59. The van der Waals surface area contributed by atoms with E-state index in [0.717, 1.165) is 24.5 Å². The molecule has 2 aromatic heterocycles. The van der Waals surface area contributed by atoms with E-state index >= 15 is 0 Å². The first-order valence-electron chi connectivity index (χ1n) is 6.84. The molecule has 21 heavy (non-hydrogen) atoms. The first-order chi connectivity index (χ1) is 10.3. The molecule has 0 aliphatic carbocycles. The van der Waals surface area contributed by atoms with Crippen LogP contribution in [0.1, 0.15) is 17.9 Å². The maximum Gasteiger partial charge on any atom is 0.330 e. The third kappa shape index (κ3) is 5.31. The predicted molar refractivity (Wildman–Crippen MR) is 77.3 cm³/mol. The molecule has 2 heterocycles. The minimum Gasteiger partial charge on any atom is -0.468 e. The van der Waals surface area contributed by atoms with Gasteiger partial charge < -0.3 is 13.6 Å². The van der Waals surface area contributed by atoms with Gasteiger partial charge in [-0.3, -0.25) is 4.90 Å². The van der Waals surface area contributed by atoms with Gasteiger partial charge in [-0.05, 0) is 30.7 Å². The number of carbonyl (C=O) groups excluding carboxylic acids is 1. The number of ether oxygens (including phenoxy) is 1. The number of nitrogens with zero attached hydrogens (tertiary/aromatic N) is 1. The fraction of sp³-hybridized carbons (Fsp3) is 0.312. The van der Waals surface area contributed by atoms with Gasteiger partial charge in [0.05, 0.1) is 32.2 Å². The molecule has 5 nitrogen and oxygen atoms in total. The Hall–Kier alpha value is -2.27. The molecule has 0 spiro atoms. The zero-order chi connectivity index (χ0) is 14.9. The lowest BCUT2D eigenvalue weighted by Crippen LogP contribution is -2.24. The van der Waals surface area contributed by atoms with Crippen molar-refractivity contribution in [3.63, 3.8) is 0 Å². The molecule has 0 radical (unpaired) electrons. The van der Waals surface area contributed by atoms with Crippen LogP contribution in [0, 0.1) is 0 Å². The number of hydrogen-bond acceptors (Lipinski definition) is 5. The largest absolute Gasteiger partial charge is 0.468 e. The summed E-state index contributed by atoms with van der Waals surface area (Å²) in [6, 6.07) is 7.61. The Kier molecular flexibility index (Phi) is 5.84. The van der Waals surface area contributed by atoms with Crippen molar-refractivity contribution in [3.05, 3.63) is 61.0 Å². The molecule has 2 rings (SSSR count). The monoisotopic (exact) mass is 289 g/mol. The molecule has 0 saturated heterocycles. The summed E-state index contributed by atoms with van der Waals surface area (Å²) >= 11 is 0. The van der Waals surface area contributed by atoms with Gasteiger partial charge in [0.15, 0.2) is 0 Å². The maximum atomic E-state index is 11.0. The fourth-order valence-electron chi connectivity index (χ4n) is 1.98. The van der Waals surface area contributed by atoms with E-state index in [0.29, 0.717) is 19.7 Å². The topological polar surface area (TPSA) is 55.8 Å². The van der Waals surface area contributed by atoms with Crippen LogP contribution in [0.3, 0.4) is 0 Å². The van der Waals surface area contributed by atoms with Gasteiger partial charge in [-0.15, -0.1) is 0 Å². The van der Waals surface area contributed by atoms with Crippen LogP contribution in [0.15, 0.2) is 58.3 Å². The Morgan fingerprint density at radius 2 is 1.81 bits per heavy atom. The van der Waals surface area contributed by atoms with Gasteiger partial charge in [0.25, 0.3) is 0 Å². The zero-order valence-electron chi connectivity index (χ0n) is 11.9. The molecule has 112 valence electrons. The molecule has 0 amide bonds. The Morgan fingerprint density at radius 3 is 2.29 bits per heavy atom. The van der Waals surface area contributed by atoms with Gasteiger partial charge in [0.1, 0.15) is 11.5 Å². The highest BCUT2D eigenvalue weighted by Gasteiger charge is 2.10. The Morgan fingerprint density at radius 1 is 1.19 bits per heavy atom. The van der Waals surface area contributed by atoms with Crippen LogP contribution in [0.25, 0.3) is 0 Å². The summed E-state index contributed by atoms with van der Waals surface area (Å²) in [6.07, 6.45) is 5.23. The van der Waals surface area contributed by atoms with Crippen LogP contribution in [-0.2, 0) is 22.6 Å². The van der Waals surface area contributed by atoms with Crippen LogP contribution in [0.5, 0.6) is 0 Å². The van der Waals surface area contributed by atoms with Gasteiger partial charge in [0.2, 0.25) is 0 Å². The lowest BCUT2D eigenvalue weighted by atomic mass is 10.3. The van der Waals surface area contributed by atoms with E-state index in [9.17, 15) is 4.79 Å². The molecule has 0 aromatic carbocycles. The van der Waals surface area contributed by atoms with Crippen LogP contribution in [0.2, 0.25) is 0 Å². The Bertz CT molecular complexity index is 494. The summed E-state index contributed by atoms with van der Waals surface area (Å²) < 4.78 is 15.7. The number of carbonyl (C=O) groups is 1. The maximum absolute atomic E-state index is 11.0. The van der Waals surface area contributed by atoms with Gasteiger partial charge in [-0.1, -0.05) is 6.58 Å². The fourth-order valence-corrected chi connectivity index (χ4v) is 1.98. The average molecular weight is 289 g/mol. The van der Waals surface area contributed by atoms with E-state index in [2.05, 4.69) is 11.5 Å². The highest BCUT2D eigenvalue weighted by Crippen LogP contribution is 2.11. The van der Waals surface area contributed by atoms with Crippen molar-refractivity contribution in [2.24, 2.45) is 0 Å². The first kappa shape index (κ1) is 15.1. The van der Waals surface area contributed by atoms with Crippen LogP contribution in [-0.4, -0.2) is 24.0 Å². The highest BCUT2D eigenvalue weighted by atomic mass is 16.5. The second-order valence-electron chi connectivity index (χ2n) is 4.59. The van der Waals surface area contributed by atoms with Crippen molar-refractivity contribution >= 4 is 5.97 Å². The minimum absolute atomic E-state index is 0.373. The van der Waals surface area contributed by atoms with E-state index < -0.39 is 5.97 Å². The number of esters is 1. The quantitative estimate of drug-likeness (QED) is 0.403. The number of rotatable bonds is 9. The molecule has 0 N–H and O–H groups in total. The van der Waals surface area contributed by atoms with Crippen molar-refractivity contribution in [1.29, 1.82) is 0 Å². The molecule has 0 fully saturated rings. The van der Waals surface area contributed by atoms with Crippen LogP contribution in [0.4, 0.5) is 0 Å². The number of hydrogen-bond donors (Lipinski definition) is 0. The summed E-state index contributed by atoms with van der Waals surface area (Å²) in [7, 11) is 0. The van der Waals surface area contributed by atoms with Crippen molar-refractivity contribution in [2.75, 3.05) is 13.2 Å². The number of furan rings is 2. The highest BCUT2D eigenvalue weighted by molar-refractivity contribution is 5.81. The van der Waals surface area contributed by atoms with Crippen molar-refractivity contribution in [1.82, 2.24) is 4.90 Å². The second kappa shape index (κ2) is 8.11. The molecule has 0 aliphatic rings. The van der Waals surface area contributed by atoms with Crippen molar-refractivity contribution < 1.29 is 18.4 Å². The van der Waals surface area contributed by atoms with Crippen molar-refractivity contribution in [3.8, 4) is 0 Å². The van der Waals surface area contributed by atoms with Crippen LogP contribution < -0.4 is 0 Å². The van der Waals surface area contributed by atoms with Gasteiger partial charge in [-0.2, -0.15) is 0 Å². The van der Waals surface area contributed by atoms with E-state index in [-0.39, 0.29) is 0 Å². The standard InChI is InChI=1S/C16H19NO4/c1-2-16(18)21-11-5-8-17(12-14-6-3-9-19-14)13-15-7-4-10-20-15/h2-4,6-7,9-10H,1,5,8,11-13H2. The molecule has 0 aliphatic heterocycles.